The first-order chi connectivity index (χ1) is 9.06. The molecule has 0 bridgehead atoms. The van der Waals surface area contributed by atoms with Gasteiger partial charge in [0.15, 0.2) is 0 Å². The number of aryl methyl sites for hydroxylation is 1. The fraction of sp³-hybridized carbons (Fsp3) is 0.273. The molecule has 0 aromatic carbocycles. The number of hydrogen-bond acceptors (Lipinski definition) is 8. The van der Waals surface area contributed by atoms with Crippen molar-refractivity contribution in [1.82, 2.24) is 10.1 Å². The van der Waals surface area contributed by atoms with E-state index in [1.54, 1.807) is 13.0 Å². The third-order valence-corrected chi connectivity index (χ3v) is 2.22. The van der Waals surface area contributed by atoms with Crippen molar-refractivity contribution in [2.45, 2.75) is 6.92 Å². The van der Waals surface area contributed by atoms with Crippen LogP contribution in [-0.2, 0) is 9.47 Å². The van der Waals surface area contributed by atoms with E-state index >= 15 is 0 Å². The lowest BCUT2D eigenvalue weighted by atomic mass is 10.3. The number of nitrogens with zero attached hydrogens (tertiary/aromatic N) is 2. The van der Waals surface area contributed by atoms with Crippen molar-refractivity contribution in [3.63, 3.8) is 0 Å². The number of carbonyl (C=O) groups excluding carboxylic acids is 2. The second kappa shape index (κ2) is 4.92. The molecule has 100 valence electrons. The molecule has 2 rings (SSSR count). The van der Waals surface area contributed by atoms with E-state index in [0.29, 0.717) is 5.69 Å². The first-order valence-electron chi connectivity index (χ1n) is 5.18. The average molecular weight is 266 g/mol. The van der Waals surface area contributed by atoms with Crippen LogP contribution in [0.3, 0.4) is 0 Å². The lowest BCUT2D eigenvalue weighted by molar-refractivity contribution is 0.0527. The van der Waals surface area contributed by atoms with Gasteiger partial charge in [-0.2, -0.15) is 4.98 Å². The number of methoxy groups -OCH3 is 2. The molecule has 0 unspecified atom stereocenters. The minimum atomic E-state index is -0.838. The Balaban J connectivity index is 2.51. The van der Waals surface area contributed by atoms with Crippen molar-refractivity contribution in [2.75, 3.05) is 14.2 Å². The van der Waals surface area contributed by atoms with Crippen LogP contribution in [0.2, 0.25) is 0 Å². The summed E-state index contributed by atoms with van der Waals surface area (Å²) in [5.74, 6) is -1.86. The van der Waals surface area contributed by atoms with Crippen molar-refractivity contribution < 1.29 is 28.0 Å². The molecule has 0 aliphatic rings. The topological polar surface area (TPSA) is 105 Å². The molecule has 0 spiro atoms. The lowest BCUT2D eigenvalue weighted by Gasteiger charge is -1.96. The molecule has 2 aromatic heterocycles. The van der Waals surface area contributed by atoms with Gasteiger partial charge in [-0.25, -0.2) is 9.59 Å². The minimum absolute atomic E-state index is 0.0543. The Labute approximate surface area is 107 Å². The van der Waals surface area contributed by atoms with Crippen LogP contribution in [0.5, 0.6) is 0 Å². The molecule has 8 heteroatoms. The van der Waals surface area contributed by atoms with Gasteiger partial charge in [-0.05, 0) is 6.92 Å². The monoisotopic (exact) mass is 266 g/mol. The van der Waals surface area contributed by atoms with Crippen LogP contribution in [0.15, 0.2) is 15.0 Å². The summed E-state index contributed by atoms with van der Waals surface area (Å²) >= 11 is 0. The first-order valence-corrected chi connectivity index (χ1v) is 5.18. The van der Waals surface area contributed by atoms with E-state index in [0.717, 1.165) is 14.2 Å². The fourth-order valence-electron chi connectivity index (χ4n) is 1.36. The zero-order valence-corrected chi connectivity index (χ0v) is 10.4. The van der Waals surface area contributed by atoms with Crippen LogP contribution in [0, 0.1) is 6.92 Å². The molecule has 0 fully saturated rings. The standard InChI is InChI=1S/C11H10N2O6/c1-5-4-6(19-13-5)9-12-7(10(14)16-2)8(18-9)11(15)17-3/h4H,1-3H3. The van der Waals surface area contributed by atoms with Crippen LogP contribution in [-0.4, -0.2) is 36.3 Å². The van der Waals surface area contributed by atoms with Gasteiger partial charge in [0.25, 0.3) is 5.89 Å². The summed E-state index contributed by atoms with van der Waals surface area (Å²) in [6.45, 7) is 1.71. The normalized spacial score (nSPS) is 10.3. The van der Waals surface area contributed by atoms with E-state index in [1.165, 1.54) is 0 Å². The van der Waals surface area contributed by atoms with Gasteiger partial charge < -0.3 is 18.4 Å². The van der Waals surface area contributed by atoms with Crippen molar-refractivity contribution in [1.29, 1.82) is 0 Å². The van der Waals surface area contributed by atoms with Crippen molar-refractivity contribution in [3.8, 4) is 11.7 Å². The molecule has 2 aromatic rings. The molecule has 0 radical (unpaired) electrons. The summed E-state index contributed by atoms with van der Waals surface area (Å²) in [7, 11) is 2.32. The van der Waals surface area contributed by atoms with Crippen molar-refractivity contribution in [2.24, 2.45) is 0 Å². The largest absolute Gasteiger partial charge is 0.464 e. The second-order valence-corrected chi connectivity index (χ2v) is 3.51. The molecule has 19 heavy (non-hydrogen) atoms. The van der Waals surface area contributed by atoms with Crippen LogP contribution < -0.4 is 0 Å². The predicted octanol–water partition coefficient (Wildman–Crippen LogP) is 1.21. The van der Waals surface area contributed by atoms with Gasteiger partial charge in [0, 0.05) is 6.07 Å². The molecule has 0 atom stereocenters. The quantitative estimate of drug-likeness (QED) is 0.763. The Morgan fingerprint density at radius 2 is 1.89 bits per heavy atom. The van der Waals surface area contributed by atoms with Crippen LogP contribution >= 0.6 is 0 Å². The van der Waals surface area contributed by atoms with Crippen LogP contribution in [0.4, 0.5) is 0 Å². The third kappa shape index (κ3) is 2.32. The maximum absolute atomic E-state index is 11.5. The second-order valence-electron chi connectivity index (χ2n) is 3.51. The number of oxazole rings is 1. The molecule has 0 amide bonds. The number of carbonyl (C=O) groups is 2. The molecule has 0 aliphatic carbocycles. The summed E-state index contributed by atoms with van der Waals surface area (Å²) < 4.78 is 19.1. The van der Waals surface area contributed by atoms with Gasteiger partial charge in [-0.15, -0.1) is 0 Å². The smallest absolute Gasteiger partial charge is 0.376 e. The van der Waals surface area contributed by atoms with Gasteiger partial charge in [0.1, 0.15) is 0 Å². The third-order valence-electron chi connectivity index (χ3n) is 2.22. The fourth-order valence-corrected chi connectivity index (χ4v) is 1.36. The van der Waals surface area contributed by atoms with E-state index < -0.39 is 11.9 Å². The van der Waals surface area contributed by atoms with E-state index in [2.05, 4.69) is 19.6 Å². The molecule has 0 N–H and O–H groups in total. The zero-order chi connectivity index (χ0) is 14.0. The number of hydrogen-bond donors (Lipinski definition) is 0. The van der Waals surface area contributed by atoms with Crippen molar-refractivity contribution >= 4 is 11.9 Å². The van der Waals surface area contributed by atoms with E-state index in [1.807, 2.05) is 0 Å². The Morgan fingerprint density at radius 1 is 1.21 bits per heavy atom. The molecule has 2 heterocycles. The van der Waals surface area contributed by atoms with E-state index in [-0.39, 0.29) is 23.1 Å². The number of esters is 2. The van der Waals surface area contributed by atoms with Gasteiger partial charge in [-0.1, -0.05) is 5.16 Å². The highest BCUT2D eigenvalue weighted by molar-refractivity contribution is 6.00. The average Bonchev–Trinajstić information content (AvgIpc) is 3.02. The molecule has 0 saturated heterocycles. The van der Waals surface area contributed by atoms with E-state index in [9.17, 15) is 9.59 Å². The first kappa shape index (κ1) is 12.8. The SMILES string of the molecule is COC(=O)c1nc(-c2cc(C)no2)oc1C(=O)OC. The summed E-state index contributed by atoms with van der Waals surface area (Å²) in [5, 5.41) is 3.65. The molecule has 0 aliphatic heterocycles. The molecular weight excluding hydrogens is 256 g/mol. The van der Waals surface area contributed by atoms with E-state index in [4.69, 9.17) is 8.94 Å². The molecule has 8 nitrogen and oxygen atoms in total. The Bertz CT molecular complexity index is 593. The summed E-state index contributed by atoms with van der Waals surface area (Å²) in [6, 6.07) is 1.55. The Hall–Kier alpha value is -2.64. The summed E-state index contributed by atoms with van der Waals surface area (Å²) in [5.41, 5.74) is 0.325. The minimum Gasteiger partial charge on any atom is -0.464 e. The maximum Gasteiger partial charge on any atom is 0.376 e. The van der Waals surface area contributed by atoms with Crippen molar-refractivity contribution in [3.05, 3.63) is 23.2 Å². The maximum atomic E-state index is 11.5. The van der Waals surface area contributed by atoms with Gasteiger partial charge in [-0.3, -0.25) is 0 Å². The van der Waals surface area contributed by atoms with Gasteiger partial charge in [0.2, 0.25) is 17.2 Å². The zero-order valence-electron chi connectivity index (χ0n) is 10.4. The Kier molecular flexibility index (Phi) is 3.32. The lowest BCUT2D eigenvalue weighted by Crippen LogP contribution is -2.10. The summed E-state index contributed by atoms with van der Waals surface area (Å²) in [4.78, 5) is 26.9. The summed E-state index contributed by atoms with van der Waals surface area (Å²) in [6.07, 6.45) is 0. The van der Waals surface area contributed by atoms with Crippen LogP contribution in [0.1, 0.15) is 26.7 Å². The highest BCUT2D eigenvalue weighted by Crippen LogP contribution is 2.23. The van der Waals surface area contributed by atoms with Gasteiger partial charge >= 0.3 is 11.9 Å². The number of ether oxygens (including phenoxy) is 2. The predicted molar refractivity (Wildman–Crippen MR) is 59.4 cm³/mol. The van der Waals surface area contributed by atoms with Gasteiger partial charge in [0.05, 0.1) is 19.9 Å². The highest BCUT2D eigenvalue weighted by Gasteiger charge is 2.28. The van der Waals surface area contributed by atoms with Crippen LogP contribution in [0.25, 0.3) is 11.7 Å². The number of aromatic nitrogens is 2. The molecular formula is C11H10N2O6. The number of rotatable bonds is 3. The highest BCUT2D eigenvalue weighted by atomic mass is 16.5. The molecule has 0 saturated carbocycles. The Morgan fingerprint density at radius 3 is 2.42 bits per heavy atom.